The van der Waals surface area contributed by atoms with E-state index in [2.05, 4.69) is 19.7 Å². The van der Waals surface area contributed by atoms with Crippen LogP contribution in [0.5, 0.6) is 0 Å². The molecule has 0 amide bonds. The van der Waals surface area contributed by atoms with Crippen molar-refractivity contribution in [2.75, 3.05) is 13.2 Å². The zero-order valence-corrected chi connectivity index (χ0v) is 33.0. The van der Waals surface area contributed by atoms with Gasteiger partial charge in [-0.1, -0.05) is 63.0 Å². The molecule has 0 radical (unpaired) electrons. The molecule has 0 unspecified atom stereocenters. The van der Waals surface area contributed by atoms with Crippen LogP contribution in [0.2, 0.25) is 0 Å². The Morgan fingerprint density at radius 2 is 1.67 bits per heavy atom. The lowest BCUT2D eigenvalue weighted by atomic mass is 9.83. The summed E-state index contributed by atoms with van der Waals surface area (Å²) < 4.78 is 27.8. The van der Waals surface area contributed by atoms with Crippen LogP contribution >= 0.6 is 0 Å². The van der Waals surface area contributed by atoms with Crippen LogP contribution in [0.25, 0.3) is 0 Å². The third-order valence-electron chi connectivity index (χ3n) is 9.21. The van der Waals surface area contributed by atoms with Crippen molar-refractivity contribution in [3.63, 3.8) is 0 Å². The smallest absolute Gasteiger partial charge is 0.336 e. The molecule has 1 N–H and O–H groups in total. The summed E-state index contributed by atoms with van der Waals surface area (Å²) in [6.45, 7) is 21.2. The number of carbonyl (C=O) groups is 6. The molecule has 0 aromatic heterocycles. The Morgan fingerprint density at radius 1 is 0.982 bits per heavy atom. The average Bonchev–Trinajstić information content (AvgIpc) is 3.40. The van der Waals surface area contributed by atoms with Gasteiger partial charge in [0.1, 0.15) is 19.0 Å². The number of esters is 5. The molecule has 1 saturated heterocycles. The second kappa shape index (κ2) is 23.0. The first kappa shape index (κ1) is 46.1. The fourth-order valence-electron chi connectivity index (χ4n) is 5.78. The van der Waals surface area contributed by atoms with Crippen LogP contribution in [-0.2, 0) is 52.5 Å². The van der Waals surface area contributed by atoms with Gasteiger partial charge in [-0.3, -0.25) is 14.4 Å². The second-order valence-electron chi connectivity index (χ2n) is 14.1. The van der Waals surface area contributed by atoms with Crippen LogP contribution in [0, 0.1) is 11.8 Å². The lowest BCUT2D eigenvalue weighted by Crippen LogP contribution is -2.45. The highest BCUT2D eigenvalue weighted by Crippen LogP contribution is 2.38. The normalized spacial score (nSPS) is 22.6. The number of hydrogen-bond acceptors (Lipinski definition) is 12. The third-order valence-corrected chi connectivity index (χ3v) is 9.21. The summed E-state index contributed by atoms with van der Waals surface area (Å²) in [5.74, 6) is -4.32. The quantitative estimate of drug-likeness (QED) is 0.0367. The van der Waals surface area contributed by atoms with Crippen molar-refractivity contribution in [2.45, 2.75) is 111 Å². The van der Waals surface area contributed by atoms with Crippen LogP contribution in [0.3, 0.4) is 0 Å². The van der Waals surface area contributed by atoms with Gasteiger partial charge in [-0.25, -0.2) is 14.4 Å². The van der Waals surface area contributed by atoms with Crippen LogP contribution in [0.1, 0.15) is 92.9 Å². The van der Waals surface area contributed by atoms with Crippen molar-refractivity contribution < 1.29 is 57.6 Å². The molecule has 55 heavy (non-hydrogen) atoms. The summed E-state index contributed by atoms with van der Waals surface area (Å²) in [6.07, 6.45) is 8.49. The van der Waals surface area contributed by atoms with Crippen molar-refractivity contribution >= 4 is 36.1 Å². The van der Waals surface area contributed by atoms with E-state index in [-0.39, 0.29) is 41.2 Å². The van der Waals surface area contributed by atoms with E-state index in [1.807, 2.05) is 33.8 Å². The molecular weight excluding hydrogens is 708 g/mol. The molecule has 0 aromatic carbocycles. The van der Waals surface area contributed by atoms with Crippen LogP contribution in [0.4, 0.5) is 0 Å². The summed E-state index contributed by atoms with van der Waals surface area (Å²) >= 11 is 0. The van der Waals surface area contributed by atoms with E-state index in [1.54, 1.807) is 18.2 Å². The number of carbonyl (C=O) groups excluding carboxylic acids is 6. The molecule has 4 atom stereocenters. The number of allylic oxidation sites excluding steroid dienone is 6. The van der Waals surface area contributed by atoms with E-state index in [0.717, 1.165) is 22.3 Å². The van der Waals surface area contributed by atoms with Crippen LogP contribution < -0.4 is 0 Å². The molecule has 0 spiro atoms. The maximum absolute atomic E-state index is 14.2. The van der Waals surface area contributed by atoms with E-state index >= 15 is 0 Å². The topological polar surface area (TPSA) is 169 Å². The van der Waals surface area contributed by atoms with Crippen LogP contribution in [0.15, 0.2) is 94.9 Å². The van der Waals surface area contributed by atoms with Gasteiger partial charge in [0, 0.05) is 30.6 Å². The minimum atomic E-state index is -1.50. The summed E-state index contributed by atoms with van der Waals surface area (Å²) in [5.41, 5.74) is 3.35. The lowest BCUT2D eigenvalue weighted by molar-refractivity contribution is -0.165. The first-order chi connectivity index (χ1) is 26.0. The van der Waals surface area contributed by atoms with Gasteiger partial charge >= 0.3 is 29.8 Å². The summed E-state index contributed by atoms with van der Waals surface area (Å²) in [6, 6.07) is 0. The van der Waals surface area contributed by atoms with Crippen molar-refractivity contribution in [2.24, 2.45) is 11.8 Å². The molecule has 12 heteroatoms. The predicted octanol–water partition coefficient (Wildman–Crippen LogP) is 6.76. The number of hydrogen-bond donors (Lipinski definition) is 1. The molecule has 1 aliphatic carbocycles. The standard InChI is InChI=1S/C43H56O12/c1-26(2)29(5)19-20-35(17-12-16-34(25-52-33(9)47)15-10-14-28(4)24-51-32(8)46)43(50)54-39-36(23-45)18-11-13-27(3)21-37-38(31(7)42(49)53-37)40(39)55-41(48)30(6)22-44/h15,17-18,21,23-24,26,37-40,44H,5-7,10-14,16,19-20,22,25H2,1-4,8-9H3/b27-21-,28-24-,34-15-,35-17-,36-18-/t37-,38+,39+,40+/m1/s1. The maximum Gasteiger partial charge on any atom is 0.336 e. The largest absolute Gasteiger partial charge is 0.461 e. The van der Waals surface area contributed by atoms with Gasteiger partial charge in [-0.2, -0.15) is 0 Å². The summed E-state index contributed by atoms with van der Waals surface area (Å²) in [4.78, 5) is 75.7. The number of aldehydes is 1. The first-order valence-electron chi connectivity index (χ1n) is 18.4. The van der Waals surface area contributed by atoms with E-state index in [0.29, 0.717) is 51.2 Å². The van der Waals surface area contributed by atoms with Gasteiger partial charge in [0.15, 0.2) is 12.2 Å². The number of rotatable bonds is 19. The zero-order valence-electron chi connectivity index (χ0n) is 33.0. The first-order valence-corrected chi connectivity index (χ1v) is 18.4. The summed E-state index contributed by atoms with van der Waals surface area (Å²) in [5, 5.41) is 9.63. The fourth-order valence-corrected chi connectivity index (χ4v) is 5.78. The fraction of sp³-hybridized carbons (Fsp3) is 0.488. The number of ether oxygens (including phenoxy) is 5. The highest BCUT2D eigenvalue weighted by molar-refractivity contribution is 5.93. The Kier molecular flexibility index (Phi) is 19.2. The van der Waals surface area contributed by atoms with Gasteiger partial charge in [-0.05, 0) is 88.4 Å². The van der Waals surface area contributed by atoms with E-state index in [9.17, 15) is 33.9 Å². The molecule has 1 fully saturated rings. The lowest BCUT2D eigenvalue weighted by Gasteiger charge is -2.33. The van der Waals surface area contributed by atoms with Gasteiger partial charge in [-0.15, -0.1) is 0 Å². The number of aliphatic hydroxyl groups excluding tert-OH is 1. The minimum absolute atomic E-state index is 0.0111. The minimum Gasteiger partial charge on any atom is -0.461 e. The molecule has 300 valence electrons. The molecular formula is C43H56O12. The number of aliphatic hydroxyl groups is 1. The van der Waals surface area contributed by atoms with Crippen molar-refractivity contribution in [1.82, 2.24) is 0 Å². The molecule has 0 aromatic rings. The second-order valence-corrected chi connectivity index (χ2v) is 14.1. The summed E-state index contributed by atoms with van der Waals surface area (Å²) in [7, 11) is 0. The Morgan fingerprint density at radius 3 is 2.29 bits per heavy atom. The van der Waals surface area contributed by atoms with E-state index < -0.39 is 60.7 Å². The highest BCUT2D eigenvalue weighted by atomic mass is 16.6. The van der Waals surface area contributed by atoms with Gasteiger partial charge in [0.2, 0.25) is 0 Å². The molecule has 0 bridgehead atoms. The predicted molar refractivity (Wildman–Crippen MR) is 206 cm³/mol. The highest BCUT2D eigenvalue weighted by Gasteiger charge is 2.50. The van der Waals surface area contributed by atoms with Crippen molar-refractivity contribution in [3.8, 4) is 0 Å². The SMILES string of the molecule is C=C(CO)C(=O)O[C@H]1[C@H]2C(=C)C(=O)O[C@@H]2/C=C(/C)CC/C=C(/C=O)[C@@H]1OC(=O)/C(=C\CC/C(=C/CC/C(C)=C\OC(C)=O)COC(C)=O)CCC(=C)C(C)C. The molecule has 2 rings (SSSR count). The van der Waals surface area contributed by atoms with Crippen molar-refractivity contribution in [1.29, 1.82) is 0 Å². The number of fused-ring (bicyclic) bond motifs is 1. The molecule has 12 nitrogen and oxygen atoms in total. The monoisotopic (exact) mass is 764 g/mol. The van der Waals surface area contributed by atoms with Crippen molar-refractivity contribution in [3.05, 3.63) is 94.9 Å². The Balaban J connectivity index is 2.56. The zero-order chi connectivity index (χ0) is 41.2. The van der Waals surface area contributed by atoms with E-state index in [1.165, 1.54) is 20.1 Å². The molecule has 1 heterocycles. The van der Waals surface area contributed by atoms with E-state index in [4.69, 9.17) is 23.7 Å². The maximum atomic E-state index is 14.2. The Hall–Kier alpha value is -5.10. The van der Waals surface area contributed by atoms with Crippen LogP contribution in [-0.4, -0.2) is 72.8 Å². The molecule has 2 aliphatic rings. The Labute approximate surface area is 324 Å². The van der Waals surface area contributed by atoms with Gasteiger partial charge < -0.3 is 28.8 Å². The molecule has 0 saturated carbocycles. The molecule has 1 aliphatic heterocycles. The Bertz CT molecular complexity index is 1650. The average molecular weight is 765 g/mol. The van der Waals surface area contributed by atoms with Gasteiger partial charge in [0.05, 0.1) is 24.4 Å². The van der Waals surface area contributed by atoms with Gasteiger partial charge in [0.25, 0.3) is 0 Å². The third kappa shape index (κ3) is 15.3.